The molecule has 1 saturated heterocycles. The molecule has 0 bridgehead atoms. The van der Waals surface area contributed by atoms with E-state index in [1.54, 1.807) is 36.3 Å². The number of nitrogens with zero attached hydrogens (tertiary/aromatic N) is 1. The van der Waals surface area contributed by atoms with E-state index in [2.05, 4.69) is 0 Å². The van der Waals surface area contributed by atoms with Gasteiger partial charge in [-0.05, 0) is 37.1 Å². The Balaban J connectivity index is 1.85. The minimum Gasteiger partial charge on any atom is -0.497 e. The molecule has 1 N–H and O–H groups in total. The highest BCUT2D eigenvalue weighted by Crippen LogP contribution is 2.18. The van der Waals surface area contributed by atoms with Crippen LogP contribution >= 0.6 is 0 Å². The van der Waals surface area contributed by atoms with Gasteiger partial charge in [-0.15, -0.1) is 0 Å². The van der Waals surface area contributed by atoms with Gasteiger partial charge in [0.1, 0.15) is 5.75 Å². The van der Waals surface area contributed by atoms with Crippen molar-refractivity contribution in [3.8, 4) is 5.75 Å². The molecule has 23 heavy (non-hydrogen) atoms. The molecule has 0 unspecified atom stereocenters. The second-order valence-corrected chi connectivity index (χ2v) is 5.67. The minimum atomic E-state index is -0.864. The Morgan fingerprint density at radius 2 is 1.91 bits per heavy atom. The molecule has 1 aliphatic heterocycles. The van der Waals surface area contributed by atoms with Gasteiger partial charge in [0, 0.05) is 31.5 Å². The fourth-order valence-electron chi connectivity index (χ4n) is 2.71. The second-order valence-electron chi connectivity index (χ2n) is 5.67. The van der Waals surface area contributed by atoms with Gasteiger partial charge in [0.2, 0.25) is 5.91 Å². The summed E-state index contributed by atoms with van der Waals surface area (Å²) in [5.74, 6) is -0.946. The fraction of sp³-hybridized carbons (Fsp3) is 0.471. The normalized spacial score (nSPS) is 17.6. The maximum atomic E-state index is 12.2. The van der Waals surface area contributed by atoms with Crippen molar-refractivity contribution in [3.63, 3.8) is 0 Å². The molecule has 0 spiro atoms. The van der Waals surface area contributed by atoms with Crippen LogP contribution in [-0.2, 0) is 9.59 Å². The molecule has 1 aliphatic rings. The summed E-state index contributed by atoms with van der Waals surface area (Å²) < 4.78 is 5.04. The number of rotatable bonds is 6. The molecule has 6 heteroatoms. The van der Waals surface area contributed by atoms with Crippen LogP contribution in [0.1, 0.15) is 36.0 Å². The van der Waals surface area contributed by atoms with Gasteiger partial charge in [0.25, 0.3) is 0 Å². The van der Waals surface area contributed by atoms with E-state index < -0.39 is 11.9 Å². The second kappa shape index (κ2) is 7.76. The third kappa shape index (κ3) is 4.55. The molecule has 1 atom stereocenters. The molecule has 0 aromatic heterocycles. The number of carbonyl (C=O) groups is 3. The molecule has 0 radical (unpaired) electrons. The molecule has 1 aromatic carbocycles. The lowest BCUT2D eigenvalue weighted by molar-refractivity contribution is -0.145. The first-order valence-corrected chi connectivity index (χ1v) is 7.69. The number of likely N-dealkylation sites (tertiary alicyclic amines) is 1. The number of carboxylic acid groups (broad SMARTS) is 1. The lowest BCUT2D eigenvalue weighted by Gasteiger charge is -2.30. The van der Waals surface area contributed by atoms with Crippen LogP contribution in [0.4, 0.5) is 0 Å². The number of ether oxygens (including phenoxy) is 1. The van der Waals surface area contributed by atoms with E-state index in [1.807, 2.05) is 0 Å². The molecule has 0 aliphatic carbocycles. The van der Waals surface area contributed by atoms with E-state index in [1.165, 1.54) is 0 Å². The smallest absolute Gasteiger partial charge is 0.308 e. The predicted octanol–water partition coefficient (Wildman–Crippen LogP) is 1.98. The van der Waals surface area contributed by atoms with Crippen LogP contribution in [0, 0.1) is 5.92 Å². The van der Waals surface area contributed by atoms with E-state index in [-0.39, 0.29) is 31.1 Å². The Bertz CT molecular complexity index is 581. The summed E-state index contributed by atoms with van der Waals surface area (Å²) >= 11 is 0. The van der Waals surface area contributed by atoms with Gasteiger partial charge in [0.15, 0.2) is 5.78 Å². The summed E-state index contributed by atoms with van der Waals surface area (Å²) in [6, 6.07) is 6.76. The number of methoxy groups -OCH3 is 1. The number of carbonyl (C=O) groups excluding carboxylic acids is 2. The maximum Gasteiger partial charge on any atom is 0.308 e. The molecule has 1 heterocycles. The standard InChI is InChI=1S/C17H21NO5/c1-23-14-6-4-12(5-7-14)15(19)8-9-16(20)18-10-2-3-13(11-18)17(21)22/h4-7,13H,2-3,8-11H2,1H3,(H,21,22)/t13-/m0/s1. The Kier molecular flexibility index (Phi) is 5.73. The molecular weight excluding hydrogens is 298 g/mol. The summed E-state index contributed by atoms with van der Waals surface area (Å²) in [6.45, 7) is 0.810. The van der Waals surface area contributed by atoms with E-state index in [0.29, 0.717) is 30.7 Å². The quantitative estimate of drug-likeness (QED) is 0.811. The zero-order valence-electron chi connectivity index (χ0n) is 13.2. The van der Waals surface area contributed by atoms with Crippen molar-refractivity contribution in [1.82, 2.24) is 4.90 Å². The molecule has 0 saturated carbocycles. The van der Waals surface area contributed by atoms with Gasteiger partial charge in [0.05, 0.1) is 13.0 Å². The zero-order valence-corrected chi connectivity index (χ0v) is 13.2. The van der Waals surface area contributed by atoms with E-state index in [9.17, 15) is 14.4 Å². The highest BCUT2D eigenvalue weighted by atomic mass is 16.5. The zero-order chi connectivity index (χ0) is 16.8. The van der Waals surface area contributed by atoms with Crippen LogP contribution in [0.5, 0.6) is 5.75 Å². The summed E-state index contributed by atoms with van der Waals surface area (Å²) in [5.41, 5.74) is 0.542. The van der Waals surface area contributed by atoms with Crippen molar-refractivity contribution in [2.45, 2.75) is 25.7 Å². The first-order chi connectivity index (χ1) is 11.0. The van der Waals surface area contributed by atoms with Gasteiger partial charge < -0.3 is 14.7 Å². The molecular formula is C17H21NO5. The van der Waals surface area contributed by atoms with Crippen LogP contribution in [0.2, 0.25) is 0 Å². The Labute approximate surface area is 135 Å². The number of amides is 1. The Hall–Kier alpha value is -2.37. The van der Waals surface area contributed by atoms with Gasteiger partial charge in [-0.3, -0.25) is 14.4 Å². The number of carboxylic acids is 1. The topological polar surface area (TPSA) is 83.9 Å². The van der Waals surface area contributed by atoms with Crippen LogP contribution in [0.15, 0.2) is 24.3 Å². The number of hydrogen-bond acceptors (Lipinski definition) is 4. The van der Waals surface area contributed by atoms with Gasteiger partial charge >= 0.3 is 5.97 Å². The van der Waals surface area contributed by atoms with Crippen LogP contribution < -0.4 is 4.74 Å². The molecule has 2 rings (SSSR count). The fourth-order valence-corrected chi connectivity index (χ4v) is 2.71. The van der Waals surface area contributed by atoms with Crippen LogP contribution in [-0.4, -0.2) is 47.9 Å². The lowest BCUT2D eigenvalue weighted by Crippen LogP contribution is -2.42. The third-order valence-electron chi connectivity index (χ3n) is 4.10. The average Bonchev–Trinajstić information content (AvgIpc) is 2.59. The molecule has 6 nitrogen and oxygen atoms in total. The maximum absolute atomic E-state index is 12.2. The SMILES string of the molecule is COc1ccc(C(=O)CCC(=O)N2CCC[C@H](C(=O)O)C2)cc1. The first kappa shape index (κ1) is 17.0. The number of ketones is 1. The largest absolute Gasteiger partial charge is 0.497 e. The Morgan fingerprint density at radius 1 is 1.22 bits per heavy atom. The monoisotopic (exact) mass is 319 g/mol. The average molecular weight is 319 g/mol. The minimum absolute atomic E-state index is 0.104. The number of aliphatic carboxylic acids is 1. The van der Waals surface area contributed by atoms with E-state index in [0.717, 1.165) is 0 Å². The summed E-state index contributed by atoms with van der Waals surface area (Å²) in [7, 11) is 1.55. The molecule has 1 aromatic rings. The Morgan fingerprint density at radius 3 is 2.52 bits per heavy atom. The van der Waals surface area contributed by atoms with Crippen molar-refractivity contribution in [2.24, 2.45) is 5.92 Å². The summed E-state index contributed by atoms with van der Waals surface area (Å²) in [5, 5.41) is 9.05. The highest BCUT2D eigenvalue weighted by molar-refractivity contribution is 5.98. The lowest BCUT2D eigenvalue weighted by atomic mass is 9.97. The number of hydrogen-bond donors (Lipinski definition) is 1. The van der Waals surface area contributed by atoms with Gasteiger partial charge in [-0.2, -0.15) is 0 Å². The predicted molar refractivity (Wildman–Crippen MR) is 83.5 cm³/mol. The van der Waals surface area contributed by atoms with Crippen molar-refractivity contribution in [1.29, 1.82) is 0 Å². The summed E-state index contributed by atoms with van der Waals surface area (Å²) in [4.78, 5) is 36.8. The highest BCUT2D eigenvalue weighted by Gasteiger charge is 2.28. The van der Waals surface area contributed by atoms with Crippen molar-refractivity contribution >= 4 is 17.7 Å². The number of Topliss-reactive ketones (excluding diaryl/α,β-unsaturated/α-hetero) is 1. The van der Waals surface area contributed by atoms with E-state index >= 15 is 0 Å². The number of benzene rings is 1. The molecule has 1 amide bonds. The molecule has 1 fully saturated rings. The van der Waals surface area contributed by atoms with Crippen molar-refractivity contribution < 1.29 is 24.2 Å². The number of piperidine rings is 1. The van der Waals surface area contributed by atoms with Crippen molar-refractivity contribution in [3.05, 3.63) is 29.8 Å². The first-order valence-electron chi connectivity index (χ1n) is 7.69. The summed E-state index contributed by atoms with van der Waals surface area (Å²) in [6.07, 6.45) is 1.52. The van der Waals surface area contributed by atoms with Crippen LogP contribution in [0.25, 0.3) is 0 Å². The van der Waals surface area contributed by atoms with E-state index in [4.69, 9.17) is 9.84 Å². The van der Waals surface area contributed by atoms with Crippen LogP contribution in [0.3, 0.4) is 0 Å². The molecule has 124 valence electrons. The van der Waals surface area contributed by atoms with Gasteiger partial charge in [-0.25, -0.2) is 0 Å². The van der Waals surface area contributed by atoms with Gasteiger partial charge in [-0.1, -0.05) is 0 Å². The van der Waals surface area contributed by atoms with Crippen molar-refractivity contribution in [2.75, 3.05) is 20.2 Å². The third-order valence-corrected chi connectivity index (χ3v) is 4.10.